The molecule has 1 aromatic rings. The van der Waals surface area contributed by atoms with Crippen LogP contribution in [0.2, 0.25) is 0 Å². The van der Waals surface area contributed by atoms with Crippen molar-refractivity contribution in [2.75, 3.05) is 0 Å². The lowest BCUT2D eigenvalue weighted by atomic mass is 9.92. The molecule has 1 amide bonds. The lowest BCUT2D eigenvalue weighted by molar-refractivity contribution is -0.122. The summed E-state index contributed by atoms with van der Waals surface area (Å²) in [5.41, 5.74) is 8.33. The van der Waals surface area contributed by atoms with Crippen molar-refractivity contribution in [1.82, 2.24) is 15.1 Å². The number of carbonyl (C=O) groups excluding carboxylic acids is 1. The summed E-state index contributed by atoms with van der Waals surface area (Å²) in [5.74, 6) is 0.0580. The molecule has 0 fully saturated rings. The van der Waals surface area contributed by atoms with Gasteiger partial charge in [0.15, 0.2) is 0 Å². The van der Waals surface area contributed by atoms with Gasteiger partial charge in [0.25, 0.3) is 0 Å². The van der Waals surface area contributed by atoms with Gasteiger partial charge < -0.3 is 11.1 Å². The highest BCUT2D eigenvalue weighted by atomic mass is 16.1. The van der Waals surface area contributed by atoms with Gasteiger partial charge in [-0.2, -0.15) is 5.10 Å². The third kappa shape index (κ3) is 3.35. The van der Waals surface area contributed by atoms with Crippen LogP contribution in [0, 0.1) is 0 Å². The maximum atomic E-state index is 12.0. The molecule has 19 heavy (non-hydrogen) atoms. The van der Waals surface area contributed by atoms with E-state index in [9.17, 15) is 4.79 Å². The largest absolute Gasteiger partial charge is 0.349 e. The number of rotatable bonds is 5. The molecule has 106 valence electrons. The van der Waals surface area contributed by atoms with E-state index in [-0.39, 0.29) is 18.0 Å². The van der Waals surface area contributed by atoms with E-state index >= 15 is 0 Å². The van der Waals surface area contributed by atoms with E-state index in [1.165, 1.54) is 11.3 Å². The van der Waals surface area contributed by atoms with Gasteiger partial charge in [-0.15, -0.1) is 0 Å². The molecule has 1 aromatic heterocycles. The summed E-state index contributed by atoms with van der Waals surface area (Å²) < 4.78 is 1.91. The molecule has 0 aliphatic heterocycles. The fraction of sp³-hybridized carbons (Fsp3) is 0.714. The highest BCUT2D eigenvalue weighted by molar-refractivity contribution is 5.77. The van der Waals surface area contributed by atoms with Crippen molar-refractivity contribution < 1.29 is 4.79 Å². The van der Waals surface area contributed by atoms with Crippen LogP contribution in [-0.4, -0.2) is 21.7 Å². The molecule has 1 heterocycles. The minimum atomic E-state index is -0.0260. The first-order valence-electron chi connectivity index (χ1n) is 7.17. The second-order valence-electron chi connectivity index (χ2n) is 5.44. The number of nitrogens with zero attached hydrogens (tertiary/aromatic N) is 2. The summed E-state index contributed by atoms with van der Waals surface area (Å²) >= 11 is 0. The Hall–Kier alpha value is -1.36. The minimum absolute atomic E-state index is 0.0260. The molecule has 2 rings (SSSR count). The maximum absolute atomic E-state index is 12.0. The summed E-state index contributed by atoms with van der Waals surface area (Å²) in [6.07, 6.45) is 7.35. The third-order valence-electron chi connectivity index (χ3n) is 3.82. The lowest BCUT2D eigenvalue weighted by Gasteiger charge is -2.24. The van der Waals surface area contributed by atoms with Crippen molar-refractivity contribution in [1.29, 1.82) is 0 Å². The second-order valence-corrected chi connectivity index (χ2v) is 5.44. The number of hydrogen-bond donors (Lipinski definition) is 2. The van der Waals surface area contributed by atoms with E-state index in [1.807, 2.05) is 17.9 Å². The Balaban J connectivity index is 1.95. The summed E-state index contributed by atoms with van der Waals surface area (Å²) in [6.45, 7) is 2.08. The van der Waals surface area contributed by atoms with Crippen molar-refractivity contribution in [3.05, 3.63) is 17.5 Å². The Morgan fingerprint density at radius 3 is 3.21 bits per heavy atom. The molecule has 0 bridgehead atoms. The monoisotopic (exact) mass is 264 g/mol. The number of hydrogen-bond acceptors (Lipinski definition) is 3. The van der Waals surface area contributed by atoms with Gasteiger partial charge in [0.2, 0.25) is 5.91 Å². The first kappa shape index (κ1) is 14.1. The van der Waals surface area contributed by atoms with Crippen molar-refractivity contribution in [3.63, 3.8) is 0 Å². The minimum Gasteiger partial charge on any atom is -0.349 e. The smallest absolute Gasteiger partial charge is 0.222 e. The van der Waals surface area contributed by atoms with E-state index < -0.39 is 0 Å². The molecule has 0 saturated heterocycles. The summed E-state index contributed by atoms with van der Waals surface area (Å²) in [5, 5.41) is 7.39. The van der Waals surface area contributed by atoms with Crippen LogP contribution in [0.3, 0.4) is 0 Å². The fourth-order valence-corrected chi connectivity index (χ4v) is 2.82. The van der Waals surface area contributed by atoms with Gasteiger partial charge in [0.1, 0.15) is 0 Å². The molecule has 5 heteroatoms. The SMILES string of the molecule is CCCC(N)CC(=O)NC1CCCc2c1cnn2C. The quantitative estimate of drug-likeness (QED) is 0.845. The van der Waals surface area contributed by atoms with Gasteiger partial charge in [0.05, 0.1) is 12.2 Å². The van der Waals surface area contributed by atoms with E-state index in [2.05, 4.69) is 17.3 Å². The van der Waals surface area contributed by atoms with Crippen molar-refractivity contribution in [2.24, 2.45) is 12.8 Å². The fourth-order valence-electron chi connectivity index (χ4n) is 2.82. The van der Waals surface area contributed by atoms with Gasteiger partial charge in [0, 0.05) is 30.8 Å². The van der Waals surface area contributed by atoms with E-state index in [4.69, 9.17) is 5.73 Å². The van der Waals surface area contributed by atoms with E-state index in [0.717, 1.165) is 32.1 Å². The molecule has 2 atom stereocenters. The molecule has 2 unspecified atom stereocenters. The summed E-state index contributed by atoms with van der Waals surface area (Å²) in [6, 6.07) is 0.0840. The Morgan fingerprint density at radius 2 is 2.47 bits per heavy atom. The number of carbonyl (C=O) groups is 1. The molecule has 1 aliphatic rings. The number of nitrogens with two attached hydrogens (primary N) is 1. The predicted octanol–water partition coefficient (Wildman–Crippen LogP) is 1.43. The Bertz CT molecular complexity index is 441. The van der Waals surface area contributed by atoms with Crippen molar-refractivity contribution in [3.8, 4) is 0 Å². The topological polar surface area (TPSA) is 72.9 Å². The third-order valence-corrected chi connectivity index (χ3v) is 3.82. The number of nitrogens with one attached hydrogen (secondary N) is 1. The Kier molecular flexibility index (Phi) is 4.58. The molecular formula is C14H24N4O. The molecule has 0 aromatic carbocycles. The van der Waals surface area contributed by atoms with Gasteiger partial charge in [-0.3, -0.25) is 9.48 Å². The van der Waals surface area contributed by atoms with Gasteiger partial charge in [-0.1, -0.05) is 13.3 Å². The molecule has 0 spiro atoms. The number of aryl methyl sites for hydroxylation is 1. The van der Waals surface area contributed by atoms with Gasteiger partial charge in [-0.25, -0.2) is 0 Å². The van der Waals surface area contributed by atoms with Crippen molar-refractivity contribution in [2.45, 2.75) is 57.5 Å². The zero-order valence-electron chi connectivity index (χ0n) is 11.9. The van der Waals surface area contributed by atoms with Crippen LogP contribution in [0.25, 0.3) is 0 Å². The van der Waals surface area contributed by atoms with E-state index in [1.54, 1.807) is 0 Å². The van der Waals surface area contributed by atoms with Gasteiger partial charge in [-0.05, 0) is 25.7 Å². The summed E-state index contributed by atoms with van der Waals surface area (Å²) in [7, 11) is 1.96. The molecule has 3 N–H and O–H groups in total. The van der Waals surface area contributed by atoms with Gasteiger partial charge >= 0.3 is 0 Å². The van der Waals surface area contributed by atoms with Crippen LogP contribution in [0.5, 0.6) is 0 Å². The average Bonchev–Trinajstić information content (AvgIpc) is 2.72. The standard InChI is InChI=1S/C14H24N4O/c1-3-5-10(15)8-14(19)17-12-6-4-7-13-11(12)9-16-18(13)2/h9-10,12H,3-8,15H2,1-2H3,(H,17,19). The number of amides is 1. The molecular weight excluding hydrogens is 240 g/mol. The highest BCUT2D eigenvalue weighted by Crippen LogP contribution is 2.29. The normalized spacial score (nSPS) is 19.8. The first-order chi connectivity index (χ1) is 9.11. The average molecular weight is 264 g/mol. The highest BCUT2D eigenvalue weighted by Gasteiger charge is 2.24. The van der Waals surface area contributed by atoms with Crippen LogP contribution in [0.1, 0.15) is 56.3 Å². The van der Waals surface area contributed by atoms with Crippen molar-refractivity contribution >= 4 is 5.91 Å². The number of fused-ring (bicyclic) bond motifs is 1. The Labute approximate surface area is 114 Å². The second kappa shape index (κ2) is 6.19. The zero-order valence-corrected chi connectivity index (χ0v) is 11.9. The lowest BCUT2D eigenvalue weighted by Crippen LogP contribution is -2.35. The number of aromatic nitrogens is 2. The molecule has 1 aliphatic carbocycles. The summed E-state index contributed by atoms with van der Waals surface area (Å²) in [4.78, 5) is 12.0. The molecule has 0 radical (unpaired) electrons. The Morgan fingerprint density at radius 1 is 1.68 bits per heavy atom. The van der Waals surface area contributed by atoms with E-state index in [0.29, 0.717) is 6.42 Å². The molecule has 0 saturated carbocycles. The van der Waals surface area contributed by atoms with Crippen LogP contribution in [0.15, 0.2) is 6.20 Å². The zero-order chi connectivity index (χ0) is 13.8. The maximum Gasteiger partial charge on any atom is 0.222 e. The van der Waals surface area contributed by atoms with Crippen LogP contribution in [0.4, 0.5) is 0 Å². The van der Waals surface area contributed by atoms with Crippen LogP contribution in [-0.2, 0) is 18.3 Å². The van der Waals surface area contributed by atoms with Crippen LogP contribution < -0.4 is 11.1 Å². The predicted molar refractivity (Wildman–Crippen MR) is 74.5 cm³/mol. The first-order valence-corrected chi connectivity index (χ1v) is 7.17. The van der Waals surface area contributed by atoms with Crippen LogP contribution >= 0.6 is 0 Å². The molecule has 5 nitrogen and oxygen atoms in total.